The molecule has 1 N–H and O–H groups in total. The van der Waals surface area contributed by atoms with Gasteiger partial charge in [-0.05, 0) is 13.8 Å². The molecule has 1 heterocycles. The SMILES string of the molecule is CCN(CC)C(=O)CSC1CS(=O)(=O)CC1O. The highest BCUT2D eigenvalue weighted by Gasteiger charge is 2.37. The summed E-state index contributed by atoms with van der Waals surface area (Å²) in [7, 11) is -3.12. The van der Waals surface area contributed by atoms with Gasteiger partial charge in [-0.3, -0.25) is 4.79 Å². The van der Waals surface area contributed by atoms with Crippen molar-refractivity contribution in [2.75, 3.05) is 30.3 Å². The van der Waals surface area contributed by atoms with E-state index in [2.05, 4.69) is 0 Å². The lowest BCUT2D eigenvalue weighted by atomic mass is 10.3. The Morgan fingerprint density at radius 3 is 2.35 bits per heavy atom. The van der Waals surface area contributed by atoms with Crippen molar-refractivity contribution in [3.8, 4) is 0 Å². The number of aliphatic hydroxyl groups is 1. The predicted molar refractivity (Wildman–Crippen MR) is 68.8 cm³/mol. The summed E-state index contributed by atoms with van der Waals surface area (Å²) in [5.41, 5.74) is 0. The van der Waals surface area contributed by atoms with Crippen molar-refractivity contribution in [1.29, 1.82) is 0 Å². The molecule has 17 heavy (non-hydrogen) atoms. The van der Waals surface area contributed by atoms with Crippen molar-refractivity contribution >= 4 is 27.5 Å². The number of hydrogen-bond acceptors (Lipinski definition) is 5. The van der Waals surface area contributed by atoms with E-state index in [-0.39, 0.29) is 28.4 Å². The molecule has 0 spiro atoms. The summed E-state index contributed by atoms with van der Waals surface area (Å²) in [4.78, 5) is 13.4. The van der Waals surface area contributed by atoms with Gasteiger partial charge in [0.2, 0.25) is 5.91 Å². The van der Waals surface area contributed by atoms with Crippen LogP contribution in [0.5, 0.6) is 0 Å². The third-order valence-corrected chi connectivity index (χ3v) is 6.06. The number of amides is 1. The molecule has 5 nitrogen and oxygen atoms in total. The van der Waals surface area contributed by atoms with Crippen molar-refractivity contribution < 1.29 is 18.3 Å². The van der Waals surface area contributed by atoms with Gasteiger partial charge in [-0.1, -0.05) is 0 Å². The van der Waals surface area contributed by atoms with E-state index in [1.165, 1.54) is 11.8 Å². The highest BCUT2D eigenvalue weighted by molar-refractivity contribution is 8.02. The minimum atomic E-state index is -3.12. The van der Waals surface area contributed by atoms with Crippen LogP contribution in [0.3, 0.4) is 0 Å². The topological polar surface area (TPSA) is 74.7 Å². The summed E-state index contributed by atoms with van der Waals surface area (Å²) >= 11 is 1.24. The first-order valence-electron chi connectivity index (χ1n) is 5.67. The molecule has 2 atom stereocenters. The molecule has 1 fully saturated rings. The lowest BCUT2D eigenvalue weighted by Gasteiger charge is -2.19. The zero-order valence-corrected chi connectivity index (χ0v) is 11.8. The molecule has 2 unspecified atom stereocenters. The minimum Gasteiger partial charge on any atom is -0.391 e. The fraction of sp³-hybridized carbons (Fsp3) is 0.900. The Hall–Kier alpha value is -0.270. The number of aliphatic hydroxyl groups excluding tert-OH is 1. The summed E-state index contributed by atoms with van der Waals surface area (Å²) < 4.78 is 22.5. The van der Waals surface area contributed by atoms with E-state index in [9.17, 15) is 18.3 Å². The molecule has 7 heteroatoms. The van der Waals surface area contributed by atoms with Crippen LogP contribution >= 0.6 is 11.8 Å². The van der Waals surface area contributed by atoms with Crippen molar-refractivity contribution in [2.45, 2.75) is 25.2 Å². The van der Waals surface area contributed by atoms with Crippen LogP contribution in [-0.4, -0.2) is 66.0 Å². The van der Waals surface area contributed by atoms with Crippen LogP contribution in [-0.2, 0) is 14.6 Å². The average molecular weight is 281 g/mol. The van der Waals surface area contributed by atoms with Crippen molar-refractivity contribution in [3.63, 3.8) is 0 Å². The molecular weight excluding hydrogens is 262 g/mol. The molecule has 1 rings (SSSR count). The number of carbonyl (C=O) groups is 1. The van der Waals surface area contributed by atoms with E-state index in [0.29, 0.717) is 13.1 Å². The number of hydrogen-bond donors (Lipinski definition) is 1. The quantitative estimate of drug-likeness (QED) is 0.752. The highest BCUT2D eigenvalue weighted by atomic mass is 32.2. The van der Waals surface area contributed by atoms with Gasteiger partial charge >= 0.3 is 0 Å². The molecule has 0 aromatic carbocycles. The maximum absolute atomic E-state index is 11.7. The second-order valence-corrected chi connectivity index (χ2v) is 7.44. The molecule has 1 saturated heterocycles. The van der Waals surface area contributed by atoms with Crippen molar-refractivity contribution in [2.24, 2.45) is 0 Å². The lowest BCUT2D eigenvalue weighted by molar-refractivity contribution is -0.127. The van der Waals surface area contributed by atoms with Crippen LogP contribution in [0.25, 0.3) is 0 Å². The van der Waals surface area contributed by atoms with Gasteiger partial charge in [0.25, 0.3) is 0 Å². The van der Waals surface area contributed by atoms with Crippen LogP contribution in [0.2, 0.25) is 0 Å². The molecule has 0 aromatic heterocycles. The second-order valence-electron chi connectivity index (χ2n) is 4.06. The number of nitrogens with zero attached hydrogens (tertiary/aromatic N) is 1. The normalized spacial score (nSPS) is 27.0. The van der Waals surface area contributed by atoms with Gasteiger partial charge in [0.1, 0.15) is 0 Å². The first kappa shape index (κ1) is 14.8. The van der Waals surface area contributed by atoms with Crippen LogP contribution in [0, 0.1) is 0 Å². The van der Waals surface area contributed by atoms with Gasteiger partial charge in [-0.15, -0.1) is 11.8 Å². The van der Waals surface area contributed by atoms with Gasteiger partial charge < -0.3 is 10.0 Å². The van der Waals surface area contributed by atoms with E-state index in [1.54, 1.807) is 4.90 Å². The monoisotopic (exact) mass is 281 g/mol. The Bertz CT molecular complexity index is 365. The molecule has 1 aliphatic rings. The third kappa shape index (κ3) is 4.15. The highest BCUT2D eigenvalue weighted by Crippen LogP contribution is 2.25. The standard InChI is InChI=1S/C10H19NO4S2/c1-3-11(4-2)10(13)5-16-9-7-17(14,15)6-8(9)12/h8-9,12H,3-7H2,1-2H3. The first-order valence-corrected chi connectivity index (χ1v) is 8.54. The van der Waals surface area contributed by atoms with E-state index in [4.69, 9.17) is 0 Å². The van der Waals surface area contributed by atoms with Crippen LogP contribution < -0.4 is 0 Å². The fourth-order valence-corrected chi connectivity index (χ4v) is 5.40. The fourth-order valence-electron chi connectivity index (χ4n) is 1.80. The molecule has 0 aromatic rings. The maximum Gasteiger partial charge on any atom is 0.232 e. The average Bonchev–Trinajstić information content (AvgIpc) is 2.50. The Labute approximate surface area is 106 Å². The van der Waals surface area contributed by atoms with Gasteiger partial charge in [-0.2, -0.15) is 0 Å². The summed E-state index contributed by atoms with van der Waals surface area (Å²) in [5.74, 6) is 0.0319. The number of rotatable bonds is 5. The van der Waals surface area contributed by atoms with Gasteiger partial charge in [-0.25, -0.2) is 8.42 Å². The lowest BCUT2D eigenvalue weighted by Crippen LogP contribution is -2.33. The molecule has 1 amide bonds. The van der Waals surface area contributed by atoms with E-state index in [0.717, 1.165) is 0 Å². The Kier molecular flexibility index (Phi) is 5.27. The maximum atomic E-state index is 11.7. The summed E-state index contributed by atoms with van der Waals surface area (Å²) in [6.07, 6.45) is -0.838. The van der Waals surface area contributed by atoms with Gasteiger partial charge in [0, 0.05) is 18.3 Å². The zero-order chi connectivity index (χ0) is 13.1. The van der Waals surface area contributed by atoms with Crippen LogP contribution in [0.4, 0.5) is 0 Å². The third-order valence-electron chi connectivity index (χ3n) is 2.81. The number of thioether (sulfide) groups is 1. The first-order chi connectivity index (χ1) is 7.89. The van der Waals surface area contributed by atoms with Crippen LogP contribution in [0.1, 0.15) is 13.8 Å². The number of carbonyl (C=O) groups excluding carboxylic acids is 1. The largest absolute Gasteiger partial charge is 0.391 e. The second kappa shape index (κ2) is 6.06. The predicted octanol–water partition coefficient (Wildman–Crippen LogP) is -0.254. The molecule has 1 aliphatic heterocycles. The van der Waals surface area contributed by atoms with E-state index in [1.807, 2.05) is 13.8 Å². The minimum absolute atomic E-state index is 0.00324. The summed E-state index contributed by atoms with van der Waals surface area (Å²) in [6, 6.07) is 0. The van der Waals surface area contributed by atoms with Crippen molar-refractivity contribution in [3.05, 3.63) is 0 Å². The molecule has 0 aliphatic carbocycles. The smallest absolute Gasteiger partial charge is 0.232 e. The molecule has 0 saturated carbocycles. The van der Waals surface area contributed by atoms with Gasteiger partial charge in [0.05, 0.1) is 23.4 Å². The summed E-state index contributed by atoms with van der Waals surface area (Å²) in [5, 5.41) is 9.20. The van der Waals surface area contributed by atoms with Crippen molar-refractivity contribution in [1.82, 2.24) is 4.90 Å². The molecule has 100 valence electrons. The molecular formula is C10H19NO4S2. The Morgan fingerprint density at radius 2 is 1.94 bits per heavy atom. The van der Waals surface area contributed by atoms with E-state index >= 15 is 0 Å². The Morgan fingerprint density at radius 1 is 1.35 bits per heavy atom. The van der Waals surface area contributed by atoms with Crippen LogP contribution in [0.15, 0.2) is 0 Å². The molecule has 0 bridgehead atoms. The summed E-state index contributed by atoms with van der Waals surface area (Å²) in [6.45, 7) is 5.12. The molecule has 0 radical (unpaired) electrons. The Balaban J connectivity index is 2.44. The van der Waals surface area contributed by atoms with Gasteiger partial charge in [0.15, 0.2) is 9.84 Å². The van der Waals surface area contributed by atoms with E-state index < -0.39 is 15.9 Å². The zero-order valence-electron chi connectivity index (χ0n) is 10.1. The number of sulfone groups is 1.